The molecule has 4 rings (SSSR count). The van der Waals surface area contributed by atoms with Crippen LogP contribution in [-0.2, 0) is 26.2 Å². The van der Waals surface area contributed by atoms with Gasteiger partial charge in [-0.15, -0.1) is 0 Å². The van der Waals surface area contributed by atoms with Crippen LogP contribution in [0.15, 0.2) is 77.7 Å². The highest BCUT2D eigenvalue weighted by atomic mass is 32.2. The van der Waals surface area contributed by atoms with E-state index < -0.39 is 28.5 Å². The van der Waals surface area contributed by atoms with Crippen LogP contribution in [-0.4, -0.2) is 50.9 Å². The molecule has 3 aromatic rings. The van der Waals surface area contributed by atoms with Crippen molar-refractivity contribution in [1.29, 1.82) is 0 Å². The Labute approximate surface area is 243 Å². The number of nitrogens with one attached hydrogen (secondary N) is 1. The Morgan fingerprint density at radius 3 is 2.22 bits per heavy atom. The topological polar surface area (TPSA) is 96.0 Å². The average Bonchev–Trinajstić information content (AvgIpc) is 3.48. The molecule has 3 aromatic carbocycles. The third kappa shape index (κ3) is 7.27. The number of sulfonamides is 1. The van der Waals surface area contributed by atoms with Gasteiger partial charge in [0.05, 0.1) is 17.7 Å². The zero-order chi connectivity index (χ0) is 29.6. The third-order valence-electron chi connectivity index (χ3n) is 7.56. The third-order valence-corrected chi connectivity index (χ3v) is 9.33. The number of hydrogen-bond acceptors (Lipinski definition) is 5. The lowest BCUT2D eigenvalue weighted by Crippen LogP contribution is -2.52. The van der Waals surface area contributed by atoms with Crippen LogP contribution in [0, 0.1) is 13.8 Å². The summed E-state index contributed by atoms with van der Waals surface area (Å²) in [7, 11) is -2.71. The SMILES string of the molecule is COc1ccc(C)cc1N(CC(=O)N(Cc1ccc(C)cc1)[C@@H](C)C(=O)NC1CCCC1)S(=O)(=O)c1ccccc1. The Bertz CT molecular complexity index is 1450. The molecule has 0 aromatic heterocycles. The van der Waals surface area contributed by atoms with E-state index in [0.717, 1.165) is 46.7 Å². The molecule has 41 heavy (non-hydrogen) atoms. The maximum absolute atomic E-state index is 14.1. The molecule has 218 valence electrons. The van der Waals surface area contributed by atoms with E-state index in [-0.39, 0.29) is 29.1 Å². The van der Waals surface area contributed by atoms with E-state index in [2.05, 4.69) is 5.32 Å². The van der Waals surface area contributed by atoms with Gasteiger partial charge in [0.1, 0.15) is 18.3 Å². The van der Waals surface area contributed by atoms with Gasteiger partial charge in [0.2, 0.25) is 11.8 Å². The molecule has 1 atom stereocenters. The first-order valence-electron chi connectivity index (χ1n) is 14.0. The van der Waals surface area contributed by atoms with Gasteiger partial charge in [0.25, 0.3) is 10.0 Å². The molecule has 9 heteroatoms. The van der Waals surface area contributed by atoms with Gasteiger partial charge in [0.15, 0.2) is 0 Å². The van der Waals surface area contributed by atoms with Crippen LogP contribution in [0.25, 0.3) is 0 Å². The van der Waals surface area contributed by atoms with Crippen LogP contribution >= 0.6 is 0 Å². The van der Waals surface area contributed by atoms with Crippen LogP contribution in [0.3, 0.4) is 0 Å². The van der Waals surface area contributed by atoms with Gasteiger partial charge >= 0.3 is 0 Å². The summed E-state index contributed by atoms with van der Waals surface area (Å²) in [6.07, 6.45) is 3.97. The molecule has 0 spiro atoms. The Balaban J connectivity index is 1.72. The van der Waals surface area contributed by atoms with E-state index in [1.54, 1.807) is 37.3 Å². The molecule has 0 radical (unpaired) electrons. The van der Waals surface area contributed by atoms with Crippen LogP contribution in [0.1, 0.15) is 49.3 Å². The van der Waals surface area contributed by atoms with E-state index in [0.29, 0.717) is 5.75 Å². The standard InChI is InChI=1S/C32H39N3O5S/c1-23-14-17-26(18-15-23)21-34(25(3)32(37)33-27-10-8-9-11-27)31(36)22-35(29-20-24(2)16-19-30(29)40-4)41(38,39)28-12-6-5-7-13-28/h5-7,12-20,25,27H,8-11,21-22H2,1-4H3,(H,33,37)/t25-/m0/s1. The Kier molecular flexibility index (Phi) is 9.70. The number of nitrogens with zero attached hydrogens (tertiary/aromatic N) is 2. The predicted octanol–water partition coefficient (Wildman–Crippen LogP) is 4.98. The van der Waals surface area contributed by atoms with Crippen molar-refractivity contribution in [3.63, 3.8) is 0 Å². The molecule has 0 bridgehead atoms. The number of rotatable bonds is 11. The van der Waals surface area contributed by atoms with Crippen LogP contribution in [0.2, 0.25) is 0 Å². The van der Waals surface area contributed by atoms with Crippen LogP contribution < -0.4 is 14.4 Å². The molecule has 8 nitrogen and oxygen atoms in total. The van der Waals surface area contributed by atoms with Crippen molar-refractivity contribution in [2.75, 3.05) is 18.0 Å². The quantitative estimate of drug-likeness (QED) is 0.347. The molecule has 0 unspecified atom stereocenters. The zero-order valence-corrected chi connectivity index (χ0v) is 25.0. The number of hydrogen-bond donors (Lipinski definition) is 1. The lowest BCUT2D eigenvalue weighted by Gasteiger charge is -2.33. The molecular formula is C32H39N3O5S. The maximum Gasteiger partial charge on any atom is 0.264 e. The number of carbonyl (C=O) groups excluding carboxylic acids is 2. The van der Waals surface area contributed by atoms with Crippen molar-refractivity contribution in [2.24, 2.45) is 0 Å². The van der Waals surface area contributed by atoms with Crippen molar-refractivity contribution in [1.82, 2.24) is 10.2 Å². The van der Waals surface area contributed by atoms with Crippen molar-refractivity contribution in [3.05, 3.63) is 89.5 Å². The van der Waals surface area contributed by atoms with Crippen molar-refractivity contribution in [3.8, 4) is 5.75 Å². The number of aryl methyl sites for hydroxylation is 2. The second-order valence-corrected chi connectivity index (χ2v) is 12.5. The molecule has 0 heterocycles. The van der Waals surface area contributed by atoms with Crippen molar-refractivity contribution >= 4 is 27.5 Å². The minimum atomic E-state index is -4.17. The lowest BCUT2D eigenvalue weighted by atomic mass is 10.1. The Morgan fingerprint density at radius 2 is 1.59 bits per heavy atom. The second kappa shape index (κ2) is 13.2. The van der Waals surface area contributed by atoms with Gasteiger partial charge in [-0.3, -0.25) is 13.9 Å². The van der Waals surface area contributed by atoms with Gasteiger partial charge in [-0.25, -0.2) is 8.42 Å². The Morgan fingerprint density at radius 1 is 0.951 bits per heavy atom. The van der Waals surface area contributed by atoms with Crippen molar-refractivity contribution in [2.45, 2.75) is 70.0 Å². The maximum atomic E-state index is 14.1. The molecule has 1 fully saturated rings. The number of ether oxygens (including phenoxy) is 1. The summed E-state index contributed by atoms with van der Waals surface area (Å²) in [5, 5.41) is 3.09. The zero-order valence-electron chi connectivity index (χ0n) is 24.2. The summed E-state index contributed by atoms with van der Waals surface area (Å²) >= 11 is 0. The molecule has 2 amide bonds. The minimum Gasteiger partial charge on any atom is -0.495 e. The van der Waals surface area contributed by atoms with Gasteiger partial charge in [0, 0.05) is 12.6 Å². The van der Waals surface area contributed by atoms with Crippen molar-refractivity contribution < 1.29 is 22.7 Å². The second-order valence-electron chi connectivity index (χ2n) is 10.7. The summed E-state index contributed by atoms with van der Waals surface area (Å²) < 4.78 is 34.7. The van der Waals surface area contributed by atoms with Gasteiger partial charge in [-0.05, 0) is 69.0 Å². The minimum absolute atomic E-state index is 0.0495. The molecule has 0 aliphatic heterocycles. The lowest BCUT2D eigenvalue weighted by molar-refractivity contribution is -0.139. The fourth-order valence-electron chi connectivity index (χ4n) is 5.09. The summed E-state index contributed by atoms with van der Waals surface area (Å²) in [4.78, 5) is 29.0. The predicted molar refractivity (Wildman–Crippen MR) is 160 cm³/mol. The van der Waals surface area contributed by atoms with Gasteiger partial charge in [-0.2, -0.15) is 0 Å². The molecule has 0 saturated heterocycles. The van der Waals surface area contributed by atoms with Crippen LogP contribution in [0.5, 0.6) is 5.75 Å². The average molecular weight is 578 g/mol. The molecule has 1 aliphatic rings. The number of methoxy groups -OCH3 is 1. The molecule has 1 aliphatic carbocycles. The smallest absolute Gasteiger partial charge is 0.264 e. The molecule has 1 N–H and O–H groups in total. The first kappa shape index (κ1) is 30.1. The van der Waals surface area contributed by atoms with E-state index in [9.17, 15) is 18.0 Å². The van der Waals surface area contributed by atoms with E-state index in [1.165, 1.54) is 24.1 Å². The van der Waals surface area contributed by atoms with E-state index in [4.69, 9.17) is 4.74 Å². The summed E-state index contributed by atoms with van der Waals surface area (Å²) in [6.45, 7) is 5.16. The molecular weight excluding hydrogens is 538 g/mol. The summed E-state index contributed by atoms with van der Waals surface area (Å²) in [5.41, 5.74) is 2.98. The largest absolute Gasteiger partial charge is 0.495 e. The highest BCUT2D eigenvalue weighted by molar-refractivity contribution is 7.92. The fraction of sp³-hybridized carbons (Fsp3) is 0.375. The fourth-order valence-corrected chi connectivity index (χ4v) is 6.53. The highest BCUT2D eigenvalue weighted by Crippen LogP contribution is 2.33. The molecule has 1 saturated carbocycles. The number of benzene rings is 3. The summed E-state index contributed by atoms with van der Waals surface area (Å²) in [5.74, 6) is -0.425. The van der Waals surface area contributed by atoms with E-state index in [1.807, 2.05) is 44.2 Å². The summed E-state index contributed by atoms with van der Waals surface area (Å²) in [6, 6.07) is 20.2. The van der Waals surface area contributed by atoms with E-state index >= 15 is 0 Å². The van der Waals surface area contributed by atoms with Crippen LogP contribution in [0.4, 0.5) is 5.69 Å². The normalized spacial score (nSPS) is 14.3. The first-order chi connectivity index (χ1) is 19.6. The van der Waals surface area contributed by atoms with Gasteiger partial charge < -0.3 is 15.0 Å². The number of anilines is 1. The highest BCUT2D eigenvalue weighted by Gasteiger charge is 2.34. The number of carbonyl (C=O) groups is 2. The number of amides is 2. The van der Waals surface area contributed by atoms with Gasteiger partial charge in [-0.1, -0.05) is 66.9 Å². The first-order valence-corrected chi connectivity index (χ1v) is 15.4. The monoisotopic (exact) mass is 577 g/mol. The Hall–Kier alpha value is -3.85.